The molecule has 0 radical (unpaired) electrons. The zero-order valence-corrected chi connectivity index (χ0v) is 14.6. The summed E-state index contributed by atoms with van der Waals surface area (Å²) < 4.78 is 28.5. The summed E-state index contributed by atoms with van der Waals surface area (Å²) in [7, 11) is 4.70. The van der Waals surface area contributed by atoms with Crippen molar-refractivity contribution in [2.75, 3.05) is 28.1 Å². The van der Waals surface area contributed by atoms with E-state index in [9.17, 15) is 0 Å². The largest absolute Gasteiger partial charge is 0.493 e. The van der Waals surface area contributed by atoms with E-state index in [0.29, 0.717) is 28.7 Å². The SMILES string of the molecule is COc1cc(-n2cc(-c3ccc4c(c3)OCO4)nn2)cc(OC)c1OC. The molecule has 0 saturated heterocycles. The number of nitrogens with zero attached hydrogens (tertiary/aromatic N) is 3. The van der Waals surface area contributed by atoms with Crippen molar-refractivity contribution < 1.29 is 23.7 Å². The number of hydrogen-bond donors (Lipinski definition) is 0. The predicted molar refractivity (Wildman–Crippen MR) is 92.6 cm³/mol. The normalized spacial score (nSPS) is 12.1. The summed E-state index contributed by atoms with van der Waals surface area (Å²) in [5.41, 5.74) is 2.32. The van der Waals surface area contributed by atoms with Crippen molar-refractivity contribution in [3.05, 3.63) is 36.5 Å². The highest BCUT2D eigenvalue weighted by molar-refractivity contribution is 5.64. The fraction of sp³-hybridized carbons (Fsp3) is 0.222. The van der Waals surface area contributed by atoms with Crippen LogP contribution in [0, 0.1) is 0 Å². The lowest BCUT2D eigenvalue weighted by molar-refractivity contribution is 0.174. The third-order valence-corrected chi connectivity index (χ3v) is 4.08. The maximum absolute atomic E-state index is 5.41. The first-order valence-electron chi connectivity index (χ1n) is 7.86. The lowest BCUT2D eigenvalue weighted by atomic mass is 10.1. The van der Waals surface area contributed by atoms with Gasteiger partial charge in [-0.2, -0.15) is 0 Å². The number of methoxy groups -OCH3 is 3. The molecule has 0 atom stereocenters. The first-order chi connectivity index (χ1) is 12.7. The molecule has 0 aliphatic carbocycles. The highest BCUT2D eigenvalue weighted by Gasteiger charge is 2.17. The standard InChI is InChI=1S/C18H17N3O5/c1-22-16-7-12(8-17(23-2)18(16)24-3)21-9-13(19-20-21)11-4-5-14-15(6-11)26-10-25-14/h4-9H,10H2,1-3H3. The molecule has 1 aliphatic rings. The number of benzene rings is 2. The quantitative estimate of drug-likeness (QED) is 0.696. The van der Waals surface area contributed by atoms with Crippen LogP contribution in [-0.4, -0.2) is 43.1 Å². The van der Waals surface area contributed by atoms with Gasteiger partial charge in [-0.3, -0.25) is 0 Å². The molecule has 0 amide bonds. The van der Waals surface area contributed by atoms with Gasteiger partial charge < -0.3 is 23.7 Å². The molecule has 0 fully saturated rings. The van der Waals surface area contributed by atoms with E-state index in [2.05, 4.69) is 10.3 Å². The van der Waals surface area contributed by atoms with Crippen molar-refractivity contribution in [1.82, 2.24) is 15.0 Å². The molecule has 3 aromatic rings. The van der Waals surface area contributed by atoms with Gasteiger partial charge in [0, 0.05) is 17.7 Å². The topological polar surface area (TPSA) is 76.9 Å². The summed E-state index contributed by atoms with van der Waals surface area (Å²) in [4.78, 5) is 0. The Kier molecular flexibility index (Phi) is 4.00. The minimum absolute atomic E-state index is 0.233. The van der Waals surface area contributed by atoms with Crippen LogP contribution in [0.3, 0.4) is 0 Å². The van der Waals surface area contributed by atoms with Gasteiger partial charge in [-0.05, 0) is 18.2 Å². The van der Waals surface area contributed by atoms with Crippen molar-refractivity contribution in [2.24, 2.45) is 0 Å². The molecule has 8 heteroatoms. The van der Waals surface area contributed by atoms with Gasteiger partial charge >= 0.3 is 0 Å². The van der Waals surface area contributed by atoms with Gasteiger partial charge in [-0.1, -0.05) is 5.21 Å². The lowest BCUT2D eigenvalue weighted by Crippen LogP contribution is -2.00. The van der Waals surface area contributed by atoms with E-state index in [-0.39, 0.29) is 6.79 Å². The second kappa shape index (κ2) is 6.47. The molecule has 134 valence electrons. The van der Waals surface area contributed by atoms with Crippen molar-refractivity contribution in [3.8, 4) is 45.7 Å². The summed E-state index contributed by atoms with van der Waals surface area (Å²) >= 11 is 0. The summed E-state index contributed by atoms with van der Waals surface area (Å²) in [6.45, 7) is 0.233. The third kappa shape index (κ3) is 2.65. The maximum atomic E-state index is 5.41. The predicted octanol–water partition coefficient (Wildman–Crippen LogP) is 2.69. The second-order valence-corrected chi connectivity index (χ2v) is 5.50. The molecule has 26 heavy (non-hydrogen) atoms. The van der Waals surface area contributed by atoms with E-state index in [4.69, 9.17) is 23.7 Å². The van der Waals surface area contributed by atoms with E-state index in [1.807, 2.05) is 24.4 Å². The van der Waals surface area contributed by atoms with Gasteiger partial charge in [0.2, 0.25) is 12.5 Å². The number of hydrogen-bond acceptors (Lipinski definition) is 7. The Morgan fingerprint density at radius 3 is 2.35 bits per heavy atom. The molecule has 0 N–H and O–H groups in total. The molecular weight excluding hydrogens is 338 g/mol. The fourth-order valence-electron chi connectivity index (χ4n) is 2.78. The zero-order chi connectivity index (χ0) is 18.1. The molecule has 8 nitrogen and oxygen atoms in total. The summed E-state index contributed by atoms with van der Waals surface area (Å²) in [6, 6.07) is 9.26. The monoisotopic (exact) mass is 355 g/mol. The van der Waals surface area contributed by atoms with E-state index in [0.717, 1.165) is 17.0 Å². The number of rotatable bonds is 5. The average Bonchev–Trinajstić information content (AvgIpc) is 3.35. The van der Waals surface area contributed by atoms with Crippen LogP contribution in [0.1, 0.15) is 0 Å². The minimum Gasteiger partial charge on any atom is -0.493 e. The molecule has 0 unspecified atom stereocenters. The molecule has 2 heterocycles. The minimum atomic E-state index is 0.233. The molecule has 0 saturated carbocycles. The smallest absolute Gasteiger partial charge is 0.231 e. The number of fused-ring (bicyclic) bond motifs is 1. The molecular formula is C18H17N3O5. The van der Waals surface area contributed by atoms with E-state index >= 15 is 0 Å². The van der Waals surface area contributed by atoms with Crippen molar-refractivity contribution in [2.45, 2.75) is 0 Å². The average molecular weight is 355 g/mol. The van der Waals surface area contributed by atoms with Crippen molar-refractivity contribution >= 4 is 0 Å². The van der Waals surface area contributed by atoms with Gasteiger partial charge in [-0.25, -0.2) is 4.68 Å². The first kappa shape index (κ1) is 16.1. The molecule has 2 aromatic carbocycles. The van der Waals surface area contributed by atoms with Crippen LogP contribution in [0.15, 0.2) is 36.5 Å². The zero-order valence-electron chi connectivity index (χ0n) is 14.6. The van der Waals surface area contributed by atoms with E-state index in [1.165, 1.54) is 0 Å². The second-order valence-electron chi connectivity index (χ2n) is 5.50. The molecule has 0 spiro atoms. The van der Waals surface area contributed by atoms with Crippen LogP contribution >= 0.6 is 0 Å². The Morgan fingerprint density at radius 1 is 0.923 bits per heavy atom. The maximum Gasteiger partial charge on any atom is 0.231 e. The van der Waals surface area contributed by atoms with Gasteiger partial charge in [0.05, 0.1) is 33.2 Å². The highest BCUT2D eigenvalue weighted by atomic mass is 16.7. The van der Waals surface area contributed by atoms with E-state index < -0.39 is 0 Å². The van der Waals surface area contributed by atoms with E-state index in [1.54, 1.807) is 38.1 Å². The summed E-state index contributed by atoms with van der Waals surface area (Å²) in [6.07, 6.45) is 1.82. The molecule has 4 rings (SSSR count). The van der Waals surface area contributed by atoms with Crippen LogP contribution in [0.4, 0.5) is 0 Å². The molecule has 0 bridgehead atoms. The highest BCUT2D eigenvalue weighted by Crippen LogP contribution is 2.39. The Balaban J connectivity index is 1.72. The lowest BCUT2D eigenvalue weighted by Gasteiger charge is -2.13. The van der Waals surface area contributed by atoms with Gasteiger partial charge in [0.25, 0.3) is 0 Å². The molecule has 1 aromatic heterocycles. The first-order valence-corrected chi connectivity index (χ1v) is 7.86. The third-order valence-electron chi connectivity index (χ3n) is 4.08. The van der Waals surface area contributed by atoms with Crippen LogP contribution in [-0.2, 0) is 0 Å². The van der Waals surface area contributed by atoms with Gasteiger partial charge in [-0.15, -0.1) is 5.10 Å². The Labute approximate surface area is 149 Å². The van der Waals surface area contributed by atoms with Gasteiger partial charge in [0.15, 0.2) is 23.0 Å². The Hall–Kier alpha value is -3.42. The molecule has 1 aliphatic heterocycles. The van der Waals surface area contributed by atoms with Crippen LogP contribution in [0.2, 0.25) is 0 Å². The Bertz CT molecular complexity index is 929. The van der Waals surface area contributed by atoms with Crippen molar-refractivity contribution in [3.63, 3.8) is 0 Å². The number of aromatic nitrogens is 3. The Morgan fingerprint density at radius 2 is 1.65 bits per heavy atom. The summed E-state index contributed by atoms with van der Waals surface area (Å²) in [5.74, 6) is 3.04. The fourth-order valence-corrected chi connectivity index (χ4v) is 2.78. The van der Waals surface area contributed by atoms with Crippen LogP contribution in [0.25, 0.3) is 16.9 Å². The van der Waals surface area contributed by atoms with Crippen LogP contribution in [0.5, 0.6) is 28.7 Å². The van der Waals surface area contributed by atoms with Crippen molar-refractivity contribution in [1.29, 1.82) is 0 Å². The van der Waals surface area contributed by atoms with Crippen LogP contribution < -0.4 is 23.7 Å². The number of ether oxygens (including phenoxy) is 5. The summed E-state index contributed by atoms with van der Waals surface area (Å²) in [5, 5.41) is 8.45. The van der Waals surface area contributed by atoms with Gasteiger partial charge in [0.1, 0.15) is 5.69 Å².